The number of unbranched alkanes of at least 4 members (excludes halogenated alkanes) is 47. The van der Waals surface area contributed by atoms with Crippen LogP contribution in [0.25, 0.3) is 0 Å². The van der Waals surface area contributed by atoms with Crippen LogP contribution >= 0.6 is 0 Å². The van der Waals surface area contributed by atoms with Crippen molar-refractivity contribution in [2.24, 2.45) is 0 Å². The highest BCUT2D eigenvalue weighted by molar-refractivity contribution is 5.76. The second-order valence-electron chi connectivity index (χ2n) is 22.2. The fraction of sp³-hybridized carbons (Fsp3) is 0.866. The number of carbonyl (C=O) groups is 1. The van der Waals surface area contributed by atoms with E-state index in [9.17, 15) is 15.0 Å². The quantitative estimate of drug-likeness (QED) is 0.0420. The molecule has 0 aliphatic heterocycles. The van der Waals surface area contributed by atoms with Gasteiger partial charge in [-0.3, -0.25) is 4.79 Å². The van der Waals surface area contributed by atoms with Crippen molar-refractivity contribution < 1.29 is 15.0 Å². The van der Waals surface area contributed by atoms with Gasteiger partial charge in [-0.25, -0.2) is 0 Å². The van der Waals surface area contributed by atoms with E-state index in [1.807, 2.05) is 6.08 Å². The molecule has 2 atom stereocenters. The molecule has 0 aromatic heterocycles. The van der Waals surface area contributed by atoms with E-state index < -0.39 is 12.1 Å². The van der Waals surface area contributed by atoms with Gasteiger partial charge in [0.05, 0.1) is 18.8 Å². The molecule has 4 heteroatoms. The molecule has 0 spiro atoms. The zero-order chi connectivity index (χ0) is 51.3. The molecule has 1 amide bonds. The summed E-state index contributed by atoms with van der Waals surface area (Å²) in [5.74, 6) is -0.0678. The zero-order valence-corrected chi connectivity index (χ0v) is 48.3. The predicted molar refractivity (Wildman–Crippen MR) is 318 cm³/mol. The highest BCUT2D eigenvalue weighted by atomic mass is 16.3. The van der Waals surface area contributed by atoms with E-state index in [0.717, 1.165) is 38.5 Å². The molecular formula is C67H127NO3. The van der Waals surface area contributed by atoms with Crippen LogP contribution in [0.5, 0.6) is 0 Å². The van der Waals surface area contributed by atoms with Gasteiger partial charge in [0.25, 0.3) is 0 Å². The van der Waals surface area contributed by atoms with Crippen LogP contribution in [-0.4, -0.2) is 34.9 Å². The third-order valence-electron chi connectivity index (χ3n) is 15.0. The van der Waals surface area contributed by atoms with E-state index in [-0.39, 0.29) is 12.5 Å². The second-order valence-corrected chi connectivity index (χ2v) is 22.2. The second kappa shape index (κ2) is 62.6. The van der Waals surface area contributed by atoms with Crippen molar-refractivity contribution in [3.05, 3.63) is 48.6 Å². The van der Waals surface area contributed by atoms with Crippen molar-refractivity contribution in [3.63, 3.8) is 0 Å². The average Bonchev–Trinajstić information content (AvgIpc) is 3.37. The highest BCUT2D eigenvalue weighted by Gasteiger charge is 2.18. The van der Waals surface area contributed by atoms with Crippen LogP contribution in [0, 0.1) is 0 Å². The molecule has 0 bridgehead atoms. The molecule has 0 saturated carbocycles. The van der Waals surface area contributed by atoms with E-state index >= 15 is 0 Å². The Morgan fingerprint density at radius 1 is 0.338 bits per heavy atom. The molecule has 418 valence electrons. The zero-order valence-electron chi connectivity index (χ0n) is 48.3. The summed E-state index contributed by atoms with van der Waals surface area (Å²) in [5, 5.41) is 23.2. The van der Waals surface area contributed by atoms with Gasteiger partial charge in [0.1, 0.15) is 0 Å². The summed E-state index contributed by atoms with van der Waals surface area (Å²) < 4.78 is 0. The van der Waals surface area contributed by atoms with Gasteiger partial charge in [-0.2, -0.15) is 0 Å². The van der Waals surface area contributed by atoms with Crippen molar-refractivity contribution in [1.82, 2.24) is 5.32 Å². The Morgan fingerprint density at radius 3 is 0.901 bits per heavy atom. The Bertz CT molecular complexity index is 1130. The SMILES string of the molecule is CCCCCCC/C=C\C/C=C\CCCCCCCCCCCCCCCCCCCCCC(=O)NC(CO)C(O)/C=C/CC/C=C/CCCCCCCCCCCCCCCCCCCCCCCC. The first-order valence-corrected chi connectivity index (χ1v) is 32.4. The first kappa shape index (κ1) is 69.3. The molecule has 0 saturated heterocycles. The molecule has 2 unspecified atom stereocenters. The maximum atomic E-state index is 12.5. The van der Waals surface area contributed by atoms with Gasteiger partial charge >= 0.3 is 0 Å². The van der Waals surface area contributed by atoms with Crippen LogP contribution in [-0.2, 0) is 4.79 Å². The molecule has 0 radical (unpaired) electrons. The number of aliphatic hydroxyl groups is 2. The Morgan fingerprint density at radius 2 is 0.592 bits per heavy atom. The Kier molecular flexibility index (Phi) is 61.2. The number of hydrogen-bond donors (Lipinski definition) is 3. The van der Waals surface area contributed by atoms with Crippen molar-refractivity contribution >= 4 is 5.91 Å². The molecule has 0 aliphatic rings. The largest absolute Gasteiger partial charge is 0.394 e. The van der Waals surface area contributed by atoms with Crippen LogP contribution in [0.15, 0.2) is 48.6 Å². The number of rotatable bonds is 60. The van der Waals surface area contributed by atoms with E-state index in [2.05, 4.69) is 55.6 Å². The van der Waals surface area contributed by atoms with Crippen LogP contribution in [0.1, 0.15) is 354 Å². The van der Waals surface area contributed by atoms with Gasteiger partial charge in [-0.05, 0) is 64.2 Å². The minimum absolute atomic E-state index is 0.0678. The summed E-state index contributed by atoms with van der Waals surface area (Å²) in [5.41, 5.74) is 0. The summed E-state index contributed by atoms with van der Waals surface area (Å²) in [6, 6.07) is -0.640. The topological polar surface area (TPSA) is 69.6 Å². The average molecular weight is 995 g/mol. The summed E-state index contributed by atoms with van der Waals surface area (Å²) in [6.45, 7) is 4.33. The summed E-state index contributed by atoms with van der Waals surface area (Å²) >= 11 is 0. The molecule has 0 aromatic rings. The van der Waals surface area contributed by atoms with Gasteiger partial charge < -0.3 is 15.5 Å². The lowest BCUT2D eigenvalue weighted by Crippen LogP contribution is -2.45. The number of amides is 1. The first-order valence-electron chi connectivity index (χ1n) is 32.4. The molecular weight excluding hydrogens is 867 g/mol. The molecule has 0 aliphatic carbocycles. The molecule has 4 nitrogen and oxygen atoms in total. The minimum atomic E-state index is -0.863. The molecule has 0 fully saturated rings. The summed E-state index contributed by atoms with van der Waals surface area (Å²) in [7, 11) is 0. The number of allylic oxidation sites excluding steroid dienone is 7. The highest BCUT2D eigenvalue weighted by Crippen LogP contribution is 2.18. The Hall–Kier alpha value is -1.65. The van der Waals surface area contributed by atoms with Crippen molar-refractivity contribution in [2.45, 2.75) is 366 Å². The lowest BCUT2D eigenvalue weighted by atomic mass is 10.0. The van der Waals surface area contributed by atoms with E-state index in [4.69, 9.17) is 0 Å². The number of carbonyl (C=O) groups excluding carboxylic acids is 1. The van der Waals surface area contributed by atoms with E-state index in [1.54, 1.807) is 6.08 Å². The van der Waals surface area contributed by atoms with Crippen LogP contribution in [0.2, 0.25) is 0 Å². The van der Waals surface area contributed by atoms with E-state index in [1.165, 1.54) is 295 Å². The lowest BCUT2D eigenvalue weighted by molar-refractivity contribution is -0.123. The first-order chi connectivity index (χ1) is 35.2. The van der Waals surface area contributed by atoms with Gasteiger partial charge in [-0.15, -0.1) is 0 Å². The standard InChI is InChI=1S/C67H127NO3/c1-3-5-7-9-11-13-15-17-19-21-23-25-27-29-31-33-34-35-37-39-41-43-45-47-49-51-53-55-57-59-61-63-67(71)68-65(64-69)66(70)62-60-58-56-54-52-50-48-46-44-42-40-38-36-32-30-28-26-24-22-20-18-16-14-12-10-8-6-4-2/h15,17,21,23,52,54,60,62,65-66,69-70H,3-14,16,18-20,22,24-51,53,55-59,61,63-64H2,1-2H3,(H,68,71)/b17-15-,23-21-,54-52+,62-60+. The molecule has 0 rings (SSSR count). The van der Waals surface area contributed by atoms with Crippen molar-refractivity contribution in [2.75, 3.05) is 6.61 Å². The Labute approximate surface area is 445 Å². The van der Waals surface area contributed by atoms with Crippen molar-refractivity contribution in [1.29, 1.82) is 0 Å². The van der Waals surface area contributed by atoms with Gasteiger partial charge in [0, 0.05) is 6.42 Å². The van der Waals surface area contributed by atoms with Crippen LogP contribution < -0.4 is 5.32 Å². The maximum absolute atomic E-state index is 12.5. The molecule has 71 heavy (non-hydrogen) atoms. The maximum Gasteiger partial charge on any atom is 0.220 e. The third-order valence-corrected chi connectivity index (χ3v) is 15.0. The normalized spacial score (nSPS) is 13.0. The number of hydrogen-bond acceptors (Lipinski definition) is 3. The van der Waals surface area contributed by atoms with Gasteiger partial charge in [0.15, 0.2) is 0 Å². The lowest BCUT2D eigenvalue weighted by Gasteiger charge is -2.19. The van der Waals surface area contributed by atoms with Gasteiger partial charge in [-0.1, -0.05) is 332 Å². The molecule has 3 N–H and O–H groups in total. The minimum Gasteiger partial charge on any atom is -0.394 e. The van der Waals surface area contributed by atoms with Crippen LogP contribution in [0.4, 0.5) is 0 Å². The van der Waals surface area contributed by atoms with E-state index in [0.29, 0.717) is 6.42 Å². The fourth-order valence-electron chi connectivity index (χ4n) is 10.1. The molecule has 0 aromatic carbocycles. The number of nitrogens with one attached hydrogen (secondary N) is 1. The number of aliphatic hydroxyl groups excluding tert-OH is 2. The molecule has 0 heterocycles. The summed E-state index contributed by atoms with van der Waals surface area (Å²) in [6.07, 6.45) is 87.5. The van der Waals surface area contributed by atoms with Crippen LogP contribution in [0.3, 0.4) is 0 Å². The third kappa shape index (κ3) is 59.1. The Balaban J connectivity index is 3.47. The monoisotopic (exact) mass is 994 g/mol. The fourth-order valence-corrected chi connectivity index (χ4v) is 10.1. The van der Waals surface area contributed by atoms with Gasteiger partial charge in [0.2, 0.25) is 5.91 Å². The summed E-state index contributed by atoms with van der Waals surface area (Å²) in [4.78, 5) is 12.5. The van der Waals surface area contributed by atoms with Crippen molar-refractivity contribution in [3.8, 4) is 0 Å². The smallest absolute Gasteiger partial charge is 0.220 e. The predicted octanol–water partition coefficient (Wildman–Crippen LogP) is 21.8.